The van der Waals surface area contributed by atoms with Crippen LogP contribution in [0.1, 0.15) is 59.9 Å². The minimum atomic E-state index is -0.581. The van der Waals surface area contributed by atoms with Crippen molar-refractivity contribution in [1.29, 1.82) is 0 Å². The highest BCUT2D eigenvalue weighted by molar-refractivity contribution is 6.04. The van der Waals surface area contributed by atoms with Crippen molar-refractivity contribution in [3.63, 3.8) is 0 Å². The number of carbonyl (C=O) groups excluding carboxylic acids is 1. The van der Waals surface area contributed by atoms with Gasteiger partial charge in [-0.25, -0.2) is 9.07 Å². The molecule has 1 amide bonds. The van der Waals surface area contributed by atoms with E-state index in [2.05, 4.69) is 10.5 Å². The summed E-state index contributed by atoms with van der Waals surface area (Å²) in [6, 6.07) is 4.36. The maximum atomic E-state index is 14.4. The number of nitrogens with zero attached hydrogens (tertiary/aromatic N) is 3. The van der Waals surface area contributed by atoms with Gasteiger partial charge in [-0.05, 0) is 44.9 Å². The fourth-order valence-corrected chi connectivity index (χ4v) is 4.39. The molecule has 1 aliphatic carbocycles. The average molecular weight is 442 g/mol. The van der Waals surface area contributed by atoms with Crippen molar-refractivity contribution < 1.29 is 18.4 Å². The largest absolute Gasteiger partial charge is 0.497 e. The zero-order valence-corrected chi connectivity index (χ0v) is 18.7. The van der Waals surface area contributed by atoms with Gasteiger partial charge < -0.3 is 14.6 Å². The molecule has 2 heterocycles. The van der Waals surface area contributed by atoms with Gasteiger partial charge in [0.2, 0.25) is 0 Å². The van der Waals surface area contributed by atoms with Gasteiger partial charge in [0.15, 0.2) is 11.5 Å². The molecule has 0 aliphatic heterocycles. The lowest BCUT2D eigenvalue weighted by Gasteiger charge is -2.24. The van der Waals surface area contributed by atoms with Crippen molar-refractivity contribution in [2.45, 2.75) is 52.0 Å². The van der Waals surface area contributed by atoms with Crippen LogP contribution in [-0.2, 0) is 7.05 Å². The molecule has 1 aliphatic rings. The summed E-state index contributed by atoms with van der Waals surface area (Å²) in [5.41, 5.74) is 1.16. The fraction of sp³-hybridized carbons (Fsp3) is 0.435. The van der Waals surface area contributed by atoms with Crippen LogP contribution in [0.5, 0.6) is 5.75 Å². The number of anilines is 1. The Morgan fingerprint density at radius 1 is 1.25 bits per heavy atom. The quantitative estimate of drug-likeness (QED) is 0.634. The maximum Gasteiger partial charge on any atom is 0.291 e. The Kier molecular flexibility index (Phi) is 5.90. The molecule has 1 aromatic carbocycles. The summed E-state index contributed by atoms with van der Waals surface area (Å²) in [7, 11) is 3.30. The van der Waals surface area contributed by atoms with E-state index in [9.17, 15) is 14.0 Å². The van der Waals surface area contributed by atoms with Gasteiger partial charge in [0.1, 0.15) is 17.3 Å². The van der Waals surface area contributed by atoms with Gasteiger partial charge in [-0.3, -0.25) is 14.3 Å². The molecule has 0 unspecified atom stereocenters. The van der Waals surface area contributed by atoms with Gasteiger partial charge in [0.05, 0.1) is 24.4 Å². The molecule has 9 heteroatoms. The van der Waals surface area contributed by atoms with Crippen LogP contribution < -0.4 is 15.6 Å². The summed E-state index contributed by atoms with van der Waals surface area (Å²) in [5.74, 6) is -0.518. The van der Waals surface area contributed by atoms with Crippen molar-refractivity contribution in [2.24, 2.45) is 7.05 Å². The first-order chi connectivity index (χ1) is 15.3. The van der Waals surface area contributed by atoms with Gasteiger partial charge in [-0.1, -0.05) is 24.4 Å². The van der Waals surface area contributed by atoms with E-state index in [0.29, 0.717) is 17.0 Å². The SMILES string of the molecule is COc1ccc(F)c(-c2onc(C(=O)Nc3c(C)n(C)n(C4CCCCC4)c3=O)c2C)c1. The Morgan fingerprint density at radius 2 is 1.97 bits per heavy atom. The molecule has 2 aromatic heterocycles. The number of hydrogen-bond donors (Lipinski definition) is 1. The molecule has 1 fully saturated rings. The van der Waals surface area contributed by atoms with Crippen LogP contribution in [0.15, 0.2) is 27.5 Å². The predicted octanol–water partition coefficient (Wildman–Crippen LogP) is 4.36. The van der Waals surface area contributed by atoms with Crippen LogP contribution in [0, 0.1) is 19.7 Å². The van der Waals surface area contributed by atoms with Crippen molar-refractivity contribution in [1.82, 2.24) is 14.5 Å². The van der Waals surface area contributed by atoms with Gasteiger partial charge in [-0.2, -0.15) is 0 Å². The second kappa shape index (κ2) is 8.64. The van der Waals surface area contributed by atoms with Crippen LogP contribution in [0.2, 0.25) is 0 Å². The lowest BCUT2D eigenvalue weighted by atomic mass is 9.96. The van der Waals surface area contributed by atoms with E-state index in [-0.39, 0.29) is 34.3 Å². The second-order valence-electron chi connectivity index (χ2n) is 8.21. The topological polar surface area (TPSA) is 91.3 Å². The number of benzene rings is 1. The first kappa shape index (κ1) is 21.9. The van der Waals surface area contributed by atoms with E-state index in [1.54, 1.807) is 23.2 Å². The summed E-state index contributed by atoms with van der Waals surface area (Å²) in [5, 5.41) is 6.56. The van der Waals surface area contributed by atoms with E-state index >= 15 is 0 Å². The molecule has 170 valence electrons. The van der Waals surface area contributed by atoms with E-state index in [1.165, 1.54) is 31.7 Å². The molecule has 0 saturated heterocycles. The lowest BCUT2D eigenvalue weighted by molar-refractivity contribution is 0.101. The third-order valence-electron chi connectivity index (χ3n) is 6.31. The van der Waals surface area contributed by atoms with Crippen molar-refractivity contribution in [2.75, 3.05) is 12.4 Å². The van der Waals surface area contributed by atoms with Crippen molar-refractivity contribution in [3.05, 3.63) is 51.3 Å². The Hall–Kier alpha value is -3.36. The molecule has 3 aromatic rings. The van der Waals surface area contributed by atoms with Crippen LogP contribution in [0.4, 0.5) is 10.1 Å². The van der Waals surface area contributed by atoms with Crippen LogP contribution in [0.25, 0.3) is 11.3 Å². The zero-order chi connectivity index (χ0) is 23.0. The molecule has 0 atom stereocenters. The number of hydrogen-bond acceptors (Lipinski definition) is 5. The Morgan fingerprint density at radius 3 is 2.66 bits per heavy atom. The van der Waals surface area contributed by atoms with Crippen LogP contribution >= 0.6 is 0 Å². The first-order valence-electron chi connectivity index (χ1n) is 10.7. The number of nitrogens with one attached hydrogen (secondary N) is 1. The van der Waals surface area contributed by atoms with Gasteiger partial charge >= 0.3 is 0 Å². The normalized spacial score (nSPS) is 14.5. The van der Waals surface area contributed by atoms with Crippen LogP contribution in [-0.4, -0.2) is 27.5 Å². The molecule has 8 nitrogen and oxygen atoms in total. The third-order valence-corrected chi connectivity index (χ3v) is 6.31. The van der Waals surface area contributed by atoms with E-state index in [0.717, 1.165) is 25.7 Å². The summed E-state index contributed by atoms with van der Waals surface area (Å²) >= 11 is 0. The molecule has 1 saturated carbocycles. The fourth-order valence-electron chi connectivity index (χ4n) is 4.39. The Balaban J connectivity index is 1.64. The average Bonchev–Trinajstić information content (AvgIpc) is 3.27. The van der Waals surface area contributed by atoms with Gasteiger partial charge in [0, 0.05) is 12.6 Å². The highest BCUT2D eigenvalue weighted by Crippen LogP contribution is 2.32. The summed E-state index contributed by atoms with van der Waals surface area (Å²) in [6.07, 6.45) is 5.25. The number of amides is 1. The molecular formula is C23H27FN4O4. The molecule has 1 N–H and O–H groups in total. The second-order valence-corrected chi connectivity index (χ2v) is 8.21. The predicted molar refractivity (Wildman–Crippen MR) is 118 cm³/mol. The number of rotatable bonds is 5. The maximum absolute atomic E-state index is 14.4. The Bertz CT molecular complexity index is 1220. The summed E-state index contributed by atoms with van der Waals surface area (Å²) in [4.78, 5) is 26.1. The van der Waals surface area contributed by atoms with E-state index < -0.39 is 11.7 Å². The number of methoxy groups -OCH3 is 1. The monoisotopic (exact) mass is 442 g/mol. The molecule has 0 spiro atoms. The Labute approximate surface area is 184 Å². The molecule has 32 heavy (non-hydrogen) atoms. The minimum Gasteiger partial charge on any atom is -0.497 e. The summed E-state index contributed by atoms with van der Waals surface area (Å²) in [6.45, 7) is 3.42. The molecular weight excluding hydrogens is 415 g/mol. The highest BCUT2D eigenvalue weighted by atomic mass is 19.1. The summed E-state index contributed by atoms with van der Waals surface area (Å²) < 4.78 is 28.4. The molecule has 0 radical (unpaired) electrons. The van der Waals surface area contributed by atoms with Crippen molar-refractivity contribution in [3.8, 4) is 17.1 Å². The number of halogens is 1. The van der Waals surface area contributed by atoms with Gasteiger partial charge in [0.25, 0.3) is 11.5 Å². The third kappa shape index (κ3) is 3.72. The van der Waals surface area contributed by atoms with E-state index in [1.807, 2.05) is 7.05 Å². The molecule has 4 rings (SSSR count). The zero-order valence-electron chi connectivity index (χ0n) is 18.7. The highest BCUT2D eigenvalue weighted by Gasteiger charge is 2.27. The van der Waals surface area contributed by atoms with Crippen molar-refractivity contribution >= 4 is 11.6 Å². The van der Waals surface area contributed by atoms with Gasteiger partial charge in [-0.15, -0.1) is 0 Å². The van der Waals surface area contributed by atoms with Crippen LogP contribution in [0.3, 0.4) is 0 Å². The number of ether oxygens (including phenoxy) is 1. The minimum absolute atomic E-state index is 0.00547. The first-order valence-corrected chi connectivity index (χ1v) is 10.7. The van der Waals surface area contributed by atoms with E-state index in [4.69, 9.17) is 9.26 Å². The number of aromatic nitrogens is 3. The number of carbonyl (C=O) groups is 1. The smallest absolute Gasteiger partial charge is 0.291 e. The molecule has 0 bridgehead atoms. The standard InChI is InChI=1S/C23H27FN4O4/c1-13-19(26-32-21(13)17-12-16(31-4)10-11-18(17)24)22(29)25-20-14(2)27(3)28(23(20)30)15-8-6-5-7-9-15/h10-12,15H,5-9H2,1-4H3,(H,25,29). The lowest BCUT2D eigenvalue weighted by Crippen LogP contribution is -2.29.